The van der Waals surface area contributed by atoms with Crippen LogP contribution < -0.4 is 16.0 Å². The monoisotopic (exact) mass is 407 g/mol. The molecule has 2 N–H and O–H groups in total. The number of hydrogen-bond donors (Lipinski definition) is 2. The first-order valence-electron chi connectivity index (χ1n) is 8.73. The van der Waals surface area contributed by atoms with Gasteiger partial charge >= 0.3 is 5.69 Å². The Morgan fingerprint density at radius 1 is 1.10 bits per heavy atom. The molecule has 9 heteroatoms. The molecule has 0 saturated heterocycles. The van der Waals surface area contributed by atoms with Crippen molar-refractivity contribution in [3.8, 4) is 17.3 Å². The van der Waals surface area contributed by atoms with Crippen molar-refractivity contribution in [3.63, 3.8) is 0 Å². The van der Waals surface area contributed by atoms with E-state index in [0.717, 1.165) is 4.57 Å². The zero-order valence-electron chi connectivity index (χ0n) is 15.8. The summed E-state index contributed by atoms with van der Waals surface area (Å²) in [5.74, 6) is -0.0816. The van der Waals surface area contributed by atoms with E-state index in [1.165, 1.54) is 43.5 Å². The number of aromatic hydroxyl groups is 1. The van der Waals surface area contributed by atoms with Crippen LogP contribution in [0.15, 0.2) is 70.3 Å². The number of nitro groups is 1. The molecule has 0 radical (unpaired) electrons. The Morgan fingerprint density at radius 2 is 1.83 bits per heavy atom. The second-order valence-corrected chi connectivity index (χ2v) is 6.07. The smallest absolute Gasteiger partial charge is 0.335 e. The fourth-order valence-electron chi connectivity index (χ4n) is 2.78. The van der Waals surface area contributed by atoms with Gasteiger partial charge in [0.1, 0.15) is 11.3 Å². The van der Waals surface area contributed by atoms with Gasteiger partial charge in [-0.1, -0.05) is 30.4 Å². The van der Waals surface area contributed by atoms with Gasteiger partial charge in [0.25, 0.3) is 11.2 Å². The zero-order valence-corrected chi connectivity index (χ0v) is 15.8. The SMILES string of the molecule is COc1cccc(-n2c(O)c(C=CC=Cc3ccccc3[N+](=O)[O-])c(=O)[nH]c2=O)c1. The molecule has 0 aliphatic carbocycles. The summed E-state index contributed by atoms with van der Waals surface area (Å²) in [6, 6.07) is 12.6. The molecule has 0 aliphatic heterocycles. The van der Waals surface area contributed by atoms with E-state index in [2.05, 4.69) is 4.98 Å². The molecule has 2 aromatic carbocycles. The number of nitro benzene ring substituents is 1. The Balaban J connectivity index is 1.98. The van der Waals surface area contributed by atoms with Crippen LogP contribution in [-0.2, 0) is 0 Å². The van der Waals surface area contributed by atoms with Crippen molar-refractivity contribution in [1.82, 2.24) is 9.55 Å². The summed E-state index contributed by atoms with van der Waals surface area (Å²) in [4.78, 5) is 37.1. The number of ether oxygens (including phenoxy) is 1. The summed E-state index contributed by atoms with van der Waals surface area (Å²) in [5.41, 5.74) is -1.10. The van der Waals surface area contributed by atoms with Crippen molar-refractivity contribution in [1.29, 1.82) is 0 Å². The van der Waals surface area contributed by atoms with E-state index in [1.54, 1.807) is 36.4 Å². The molecule has 0 saturated carbocycles. The lowest BCUT2D eigenvalue weighted by molar-refractivity contribution is -0.385. The number of benzene rings is 2. The minimum atomic E-state index is -0.807. The number of aromatic amines is 1. The molecule has 3 rings (SSSR count). The molecule has 0 atom stereocenters. The lowest BCUT2D eigenvalue weighted by Gasteiger charge is -2.10. The van der Waals surface area contributed by atoms with Gasteiger partial charge in [0.2, 0.25) is 5.88 Å². The second kappa shape index (κ2) is 8.74. The molecule has 0 unspecified atom stereocenters. The van der Waals surface area contributed by atoms with E-state index < -0.39 is 22.1 Å². The molecular formula is C21H17N3O6. The predicted octanol–water partition coefficient (Wildman–Crippen LogP) is 2.87. The van der Waals surface area contributed by atoms with Gasteiger partial charge in [-0.25, -0.2) is 9.36 Å². The Hall–Kier alpha value is -4.40. The van der Waals surface area contributed by atoms with Crippen LogP contribution in [0, 0.1) is 10.1 Å². The molecule has 0 spiro atoms. The summed E-state index contributed by atoms with van der Waals surface area (Å²) in [6.45, 7) is 0. The third-order valence-corrected chi connectivity index (χ3v) is 4.22. The minimum Gasteiger partial charge on any atom is -0.497 e. The highest BCUT2D eigenvalue weighted by Gasteiger charge is 2.14. The standard InChI is InChI=1S/C21H17N3O6/c1-30-16-10-6-9-15(13-16)23-20(26)17(19(25)22-21(23)27)11-4-2-7-14-8-3-5-12-18(14)24(28)29/h2-13,26H,1H3,(H,22,25,27). The fraction of sp³-hybridized carbons (Fsp3) is 0.0476. The van der Waals surface area contributed by atoms with E-state index in [4.69, 9.17) is 4.74 Å². The number of para-hydroxylation sites is 1. The fourth-order valence-corrected chi connectivity index (χ4v) is 2.78. The number of nitrogens with zero attached hydrogens (tertiary/aromatic N) is 2. The molecule has 1 aromatic heterocycles. The molecule has 0 fully saturated rings. The van der Waals surface area contributed by atoms with Gasteiger partial charge in [0.15, 0.2) is 0 Å². The highest BCUT2D eigenvalue weighted by Crippen LogP contribution is 2.22. The van der Waals surface area contributed by atoms with Crippen LogP contribution in [0.1, 0.15) is 11.1 Å². The number of H-pyrrole nitrogens is 1. The molecule has 1 heterocycles. The van der Waals surface area contributed by atoms with Gasteiger partial charge < -0.3 is 9.84 Å². The maximum atomic E-state index is 12.2. The van der Waals surface area contributed by atoms with Crippen LogP contribution in [0.5, 0.6) is 11.6 Å². The molecule has 30 heavy (non-hydrogen) atoms. The highest BCUT2D eigenvalue weighted by atomic mass is 16.6. The maximum absolute atomic E-state index is 12.2. The van der Waals surface area contributed by atoms with E-state index >= 15 is 0 Å². The third-order valence-electron chi connectivity index (χ3n) is 4.22. The summed E-state index contributed by atoms with van der Waals surface area (Å²) in [7, 11) is 1.46. The molecule has 9 nitrogen and oxygen atoms in total. The van der Waals surface area contributed by atoms with Crippen molar-refractivity contribution in [2.45, 2.75) is 0 Å². The highest BCUT2D eigenvalue weighted by molar-refractivity contribution is 5.64. The summed E-state index contributed by atoms with van der Waals surface area (Å²) in [5, 5.41) is 21.6. The molecule has 3 aromatic rings. The first-order valence-corrected chi connectivity index (χ1v) is 8.73. The van der Waals surface area contributed by atoms with Crippen molar-refractivity contribution >= 4 is 17.8 Å². The van der Waals surface area contributed by atoms with Crippen LogP contribution in [0.4, 0.5) is 5.69 Å². The summed E-state index contributed by atoms with van der Waals surface area (Å²) in [6.07, 6.45) is 5.72. The molecule has 0 amide bonds. The number of nitrogens with one attached hydrogen (secondary N) is 1. The van der Waals surface area contributed by atoms with E-state index in [0.29, 0.717) is 17.0 Å². The van der Waals surface area contributed by atoms with Crippen molar-refractivity contribution < 1.29 is 14.8 Å². The average molecular weight is 407 g/mol. The lowest BCUT2D eigenvalue weighted by atomic mass is 10.1. The first-order chi connectivity index (χ1) is 14.4. The predicted molar refractivity (Wildman–Crippen MR) is 112 cm³/mol. The largest absolute Gasteiger partial charge is 0.497 e. The van der Waals surface area contributed by atoms with Crippen LogP contribution in [0.3, 0.4) is 0 Å². The molecular weight excluding hydrogens is 390 g/mol. The number of allylic oxidation sites excluding steroid dienone is 2. The van der Waals surface area contributed by atoms with Gasteiger partial charge in [-0.2, -0.15) is 0 Å². The normalized spacial score (nSPS) is 11.2. The van der Waals surface area contributed by atoms with Crippen molar-refractivity contribution in [2.24, 2.45) is 0 Å². The maximum Gasteiger partial charge on any atom is 0.335 e. The van der Waals surface area contributed by atoms with Gasteiger partial charge in [-0.05, 0) is 30.4 Å². The van der Waals surface area contributed by atoms with Gasteiger partial charge in [-0.15, -0.1) is 0 Å². The van der Waals surface area contributed by atoms with Crippen molar-refractivity contribution in [3.05, 3.63) is 103 Å². The Bertz CT molecular complexity index is 1270. The molecule has 152 valence electrons. The Morgan fingerprint density at radius 3 is 2.57 bits per heavy atom. The average Bonchev–Trinajstić information content (AvgIpc) is 2.73. The lowest BCUT2D eigenvalue weighted by Crippen LogP contribution is -2.30. The first kappa shape index (κ1) is 20.3. The van der Waals surface area contributed by atoms with E-state index in [9.17, 15) is 24.8 Å². The van der Waals surface area contributed by atoms with Crippen LogP contribution >= 0.6 is 0 Å². The van der Waals surface area contributed by atoms with Gasteiger partial charge in [0, 0.05) is 12.1 Å². The van der Waals surface area contributed by atoms with Crippen LogP contribution in [0.25, 0.3) is 17.8 Å². The van der Waals surface area contributed by atoms with E-state index in [-0.39, 0.29) is 11.3 Å². The molecule has 0 bridgehead atoms. The van der Waals surface area contributed by atoms with Crippen molar-refractivity contribution in [2.75, 3.05) is 7.11 Å². The Kier molecular flexibility index (Phi) is 5.92. The third kappa shape index (κ3) is 4.20. The van der Waals surface area contributed by atoms with Gasteiger partial charge in [-0.3, -0.25) is 19.9 Å². The topological polar surface area (TPSA) is 127 Å². The number of rotatable bonds is 6. The minimum absolute atomic E-state index is 0.0607. The van der Waals surface area contributed by atoms with Crippen LogP contribution in [-0.4, -0.2) is 26.7 Å². The van der Waals surface area contributed by atoms with Crippen LogP contribution in [0.2, 0.25) is 0 Å². The quantitative estimate of drug-likeness (QED) is 0.367. The second-order valence-electron chi connectivity index (χ2n) is 6.07. The number of hydrogen-bond acceptors (Lipinski definition) is 6. The van der Waals surface area contributed by atoms with Gasteiger partial charge in [0.05, 0.1) is 23.3 Å². The molecule has 0 aliphatic rings. The van der Waals surface area contributed by atoms with E-state index in [1.807, 2.05) is 0 Å². The number of methoxy groups -OCH3 is 1. The Labute approximate surface area is 170 Å². The zero-order chi connectivity index (χ0) is 21.7. The summed E-state index contributed by atoms with van der Waals surface area (Å²) < 4.78 is 6.06. The summed E-state index contributed by atoms with van der Waals surface area (Å²) >= 11 is 0. The number of aromatic nitrogens is 2.